The van der Waals surface area contributed by atoms with Crippen molar-refractivity contribution in [2.45, 2.75) is 12.7 Å². The summed E-state index contributed by atoms with van der Waals surface area (Å²) in [7, 11) is 0. The Morgan fingerprint density at radius 2 is 1.94 bits per heavy atom. The first-order valence-corrected chi connectivity index (χ1v) is 4.67. The molecule has 0 radical (unpaired) electrons. The topological polar surface area (TPSA) is 47.0 Å². The van der Waals surface area contributed by atoms with Crippen LogP contribution in [-0.4, -0.2) is 35.9 Å². The van der Waals surface area contributed by atoms with E-state index in [4.69, 9.17) is 0 Å². The van der Waals surface area contributed by atoms with E-state index >= 15 is 0 Å². The summed E-state index contributed by atoms with van der Waals surface area (Å²) in [4.78, 5) is 7.60. The lowest BCUT2D eigenvalue weighted by atomic mass is 10.3. The minimum Gasteiger partial charge on any atom is -0.371 e. The summed E-state index contributed by atoms with van der Waals surface area (Å²) in [6.45, 7) is -0.322. The molecule has 7 heteroatoms. The second-order valence-corrected chi connectivity index (χ2v) is 3.09. The number of hydrogen-bond acceptors (Lipinski definition) is 4. The fraction of sp³-hybridized carbons (Fsp3) is 0.556. The quantitative estimate of drug-likeness (QED) is 0.751. The number of halogens is 3. The highest BCUT2D eigenvalue weighted by molar-refractivity contribution is 5.01. The lowest BCUT2D eigenvalue weighted by molar-refractivity contribution is -0.173. The molecule has 0 saturated heterocycles. The van der Waals surface area contributed by atoms with Gasteiger partial charge in [-0.15, -0.1) is 0 Å². The fourth-order valence-corrected chi connectivity index (χ4v) is 0.986. The molecule has 0 spiro atoms. The van der Waals surface area contributed by atoms with Crippen LogP contribution in [0.5, 0.6) is 0 Å². The van der Waals surface area contributed by atoms with Crippen molar-refractivity contribution in [2.24, 2.45) is 0 Å². The number of aromatic nitrogens is 2. The molecule has 0 aliphatic heterocycles. The third-order valence-corrected chi connectivity index (χ3v) is 1.63. The Morgan fingerprint density at radius 3 is 2.56 bits per heavy atom. The van der Waals surface area contributed by atoms with Crippen LogP contribution in [0.3, 0.4) is 0 Å². The van der Waals surface area contributed by atoms with Gasteiger partial charge in [-0.2, -0.15) is 13.2 Å². The first kappa shape index (κ1) is 12.9. The Kier molecular flexibility index (Phi) is 5.13. The molecule has 0 aliphatic carbocycles. The summed E-state index contributed by atoms with van der Waals surface area (Å²) in [5.74, 6) is 0. The lowest BCUT2D eigenvalue weighted by Crippen LogP contribution is -2.23. The van der Waals surface area contributed by atoms with Crippen molar-refractivity contribution in [3.05, 3.63) is 24.3 Å². The molecule has 0 aliphatic rings. The van der Waals surface area contributed by atoms with Crippen LogP contribution in [0.4, 0.5) is 13.2 Å². The van der Waals surface area contributed by atoms with Gasteiger partial charge in [0.2, 0.25) is 0 Å². The fourth-order valence-electron chi connectivity index (χ4n) is 0.986. The van der Waals surface area contributed by atoms with Crippen LogP contribution < -0.4 is 5.32 Å². The molecule has 0 fully saturated rings. The van der Waals surface area contributed by atoms with Crippen LogP contribution >= 0.6 is 0 Å². The van der Waals surface area contributed by atoms with E-state index in [1.54, 1.807) is 12.4 Å². The number of ether oxygens (including phenoxy) is 1. The molecule has 0 saturated carbocycles. The van der Waals surface area contributed by atoms with Crippen molar-refractivity contribution < 1.29 is 17.9 Å². The number of rotatable bonds is 6. The van der Waals surface area contributed by atoms with Crippen molar-refractivity contribution in [1.29, 1.82) is 0 Å². The zero-order valence-corrected chi connectivity index (χ0v) is 8.50. The molecule has 4 nitrogen and oxygen atoms in total. The molecule has 1 heterocycles. The molecule has 16 heavy (non-hydrogen) atoms. The summed E-state index contributed by atoms with van der Waals surface area (Å²) in [6, 6.07) is 0. The summed E-state index contributed by atoms with van der Waals surface area (Å²) < 4.78 is 39.4. The molecule has 0 amide bonds. The summed E-state index contributed by atoms with van der Waals surface area (Å²) in [5.41, 5.74) is 0.873. The summed E-state index contributed by atoms with van der Waals surface area (Å²) in [5, 5.41) is 2.92. The third-order valence-electron chi connectivity index (χ3n) is 1.63. The molecule has 0 bridgehead atoms. The zero-order valence-electron chi connectivity index (χ0n) is 8.50. The number of hydrogen-bond donors (Lipinski definition) is 1. The Hall–Kier alpha value is -1.21. The van der Waals surface area contributed by atoms with E-state index in [1.165, 1.54) is 6.33 Å². The van der Waals surface area contributed by atoms with Gasteiger partial charge < -0.3 is 10.1 Å². The highest BCUT2D eigenvalue weighted by Crippen LogP contribution is 2.13. The smallest absolute Gasteiger partial charge is 0.371 e. The zero-order chi connectivity index (χ0) is 11.9. The number of nitrogens with one attached hydrogen (secondary N) is 1. The Bertz CT molecular complexity index is 292. The van der Waals surface area contributed by atoms with Crippen LogP contribution in [0.25, 0.3) is 0 Å². The average molecular weight is 235 g/mol. The molecule has 1 aromatic rings. The van der Waals surface area contributed by atoms with Crippen LogP contribution in [-0.2, 0) is 11.3 Å². The molecular formula is C9H12F3N3O. The molecule has 1 rings (SSSR count). The second kappa shape index (κ2) is 6.39. The Labute approximate surface area is 90.9 Å². The van der Waals surface area contributed by atoms with Gasteiger partial charge in [0.1, 0.15) is 12.9 Å². The van der Waals surface area contributed by atoms with Crippen molar-refractivity contribution in [1.82, 2.24) is 15.3 Å². The van der Waals surface area contributed by atoms with Crippen LogP contribution in [0.15, 0.2) is 18.7 Å². The Morgan fingerprint density at radius 1 is 1.25 bits per heavy atom. The van der Waals surface area contributed by atoms with Crippen molar-refractivity contribution in [3.8, 4) is 0 Å². The lowest BCUT2D eigenvalue weighted by Gasteiger charge is -2.08. The molecule has 90 valence electrons. The minimum absolute atomic E-state index is 0.0210. The monoisotopic (exact) mass is 235 g/mol. The maximum atomic E-state index is 11.7. The normalized spacial score (nSPS) is 11.7. The first-order valence-electron chi connectivity index (χ1n) is 4.67. The SMILES string of the molecule is FC(F)(F)COCCNCc1cncnc1. The maximum Gasteiger partial charge on any atom is 0.411 e. The van der Waals surface area contributed by atoms with E-state index in [-0.39, 0.29) is 6.61 Å². The van der Waals surface area contributed by atoms with Crippen LogP contribution in [0.2, 0.25) is 0 Å². The van der Waals surface area contributed by atoms with Crippen LogP contribution in [0, 0.1) is 0 Å². The molecule has 0 unspecified atom stereocenters. The average Bonchev–Trinajstić information content (AvgIpc) is 2.23. The predicted octanol–water partition coefficient (Wildman–Crippen LogP) is 1.15. The van der Waals surface area contributed by atoms with Gasteiger partial charge in [-0.25, -0.2) is 9.97 Å². The molecule has 0 atom stereocenters. The van der Waals surface area contributed by atoms with Crippen molar-refractivity contribution in [2.75, 3.05) is 19.8 Å². The van der Waals surface area contributed by atoms with Gasteiger partial charge in [-0.3, -0.25) is 0 Å². The van der Waals surface area contributed by atoms with Gasteiger partial charge >= 0.3 is 6.18 Å². The van der Waals surface area contributed by atoms with Gasteiger partial charge in [0.15, 0.2) is 0 Å². The molecule has 0 aromatic carbocycles. The van der Waals surface area contributed by atoms with E-state index in [0.29, 0.717) is 13.1 Å². The van der Waals surface area contributed by atoms with Gasteiger partial charge in [0, 0.05) is 31.0 Å². The van der Waals surface area contributed by atoms with Crippen molar-refractivity contribution in [3.63, 3.8) is 0 Å². The van der Waals surface area contributed by atoms with E-state index in [9.17, 15) is 13.2 Å². The van der Waals surface area contributed by atoms with E-state index in [1.807, 2.05) is 0 Å². The Balaban J connectivity index is 2.01. The largest absolute Gasteiger partial charge is 0.411 e. The number of nitrogens with zero attached hydrogens (tertiary/aromatic N) is 2. The predicted molar refractivity (Wildman–Crippen MR) is 50.6 cm³/mol. The summed E-state index contributed by atoms with van der Waals surface area (Å²) >= 11 is 0. The van der Waals surface area contributed by atoms with Gasteiger partial charge in [-0.1, -0.05) is 0 Å². The maximum absolute atomic E-state index is 11.7. The molecule has 1 N–H and O–H groups in total. The minimum atomic E-state index is -4.26. The highest BCUT2D eigenvalue weighted by Gasteiger charge is 2.27. The van der Waals surface area contributed by atoms with Gasteiger partial charge in [0.05, 0.1) is 6.61 Å². The van der Waals surface area contributed by atoms with E-state index in [2.05, 4.69) is 20.0 Å². The van der Waals surface area contributed by atoms with Crippen LogP contribution in [0.1, 0.15) is 5.56 Å². The first-order chi connectivity index (χ1) is 7.58. The number of alkyl halides is 3. The van der Waals surface area contributed by atoms with Gasteiger partial charge in [-0.05, 0) is 0 Å². The second-order valence-electron chi connectivity index (χ2n) is 3.09. The van der Waals surface area contributed by atoms with Crippen molar-refractivity contribution >= 4 is 0 Å². The highest BCUT2D eigenvalue weighted by atomic mass is 19.4. The van der Waals surface area contributed by atoms with E-state index in [0.717, 1.165) is 5.56 Å². The van der Waals surface area contributed by atoms with E-state index < -0.39 is 12.8 Å². The molecular weight excluding hydrogens is 223 g/mol. The van der Waals surface area contributed by atoms with Gasteiger partial charge in [0.25, 0.3) is 0 Å². The molecule has 1 aromatic heterocycles. The standard InChI is InChI=1S/C9H12F3N3O/c10-9(11,12)6-16-2-1-13-3-8-4-14-7-15-5-8/h4-5,7,13H,1-3,6H2. The third kappa shape index (κ3) is 6.31. The summed E-state index contributed by atoms with van der Waals surface area (Å²) in [6.07, 6.45) is 0.427.